The molecule has 1 heterocycles. The second-order valence-corrected chi connectivity index (χ2v) is 4.86. The van der Waals surface area contributed by atoms with Crippen LogP contribution in [0.4, 0.5) is 11.4 Å². The van der Waals surface area contributed by atoms with Crippen LogP contribution in [0, 0.1) is 0 Å². The summed E-state index contributed by atoms with van der Waals surface area (Å²) in [4.78, 5) is 12.0. The van der Waals surface area contributed by atoms with E-state index in [2.05, 4.69) is 5.32 Å². The number of anilines is 2. The van der Waals surface area contributed by atoms with Crippen LogP contribution in [0.5, 0.6) is 11.5 Å². The van der Waals surface area contributed by atoms with Crippen molar-refractivity contribution in [3.63, 3.8) is 0 Å². The molecule has 1 aliphatic rings. The van der Waals surface area contributed by atoms with E-state index in [1.165, 1.54) is 0 Å². The average molecular weight is 284 g/mol. The van der Waals surface area contributed by atoms with E-state index in [4.69, 9.17) is 15.2 Å². The van der Waals surface area contributed by atoms with Crippen LogP contribution >= 0.6 is 0 Å². The zero-order valence-electron chi connectivity index (χ0n) is 11.5. The lowest BCUT2D eigenvalue weighted by Gasteiger charge is -2.06. The number of carbonyl (C=O) groups is 1. The van der Waals surface area contributed by atoms with E-state index in [-0.39, 0.29) is 12.7 Å². The highest BCUT2D eigenvalue weighted by Crippen LogP contribution is 2.34. The van der Waals surface area contributed by atoms with Gasteiger partial charge in [-0.3, -0.25) is 4.79 Å². The quantitative estimate of drug-likeness (QED) is 0.846. The minimum Gasteiger partial charge on any atom is -0.454 e. The van der Waals surface area contributed by atoms with E-state index in [0.29, 0.717) is 35.7 Å². The van der Waals surface area contributed by atoms with Crippen molar-refractivity contribution in [1.82, 2.24) is 0 Å². The van der Waals surface area contributed by atoms with E-state index < -0.39 is 0 Å². The Kier molecular flexibility index (Phi) is 3.64. The molecule has 0 unspecified atom stereocenters. The zero-order chi connectivity index (χ0) is 14.7. The van der Waals surface area contributed by atoms with Crippen LogP contribution in [0.25, 0.3) is 0 Å². The molecule has 5 heteroatoms. The first kappa shape index (κ1) is 13.3. The Labute approximate surface area is 122 Å². The van der Waals surface area contributed by atoms with E-state index >= 15 is 0 Å². The molecular formula is C16H16N2O3. The summed E-state index contributed by atoms with van der Waals surface area (Å²) in [5, 5.41) is 2.85. The van der Waals surface area contributed by atoms with Crippen molar-refractivity contribution in [2.75, 3.05) is 17.8 Å². The number of hydrogen-bond donors (Lipinski definition) is 2. The van der Waals surface area contributed by atoms with E-state index in [9.17, 15) is 4.79 Å². The molecule has 0 aromatic heterocycles. The fourth-order valence-corrected chi connectivity index (χ4v) is 2.20. The van der Waals surface area contributed by atoms with Crippen molar-refractivity contribution >= 4 is 17.3 Å². The number of fused-ring (bicyclic) bond motifs is 1. The average Bonchev–Trinajstić information content (AvgIpc) is 2.93. The van der Waals surface area contributed by atoms with Crippen LogP contribution in [-0.4, -0.2) is 12.7 Å². The van der Waals surface area contributed by atoms with Crippen LogP contribution < -0.4 is 20.5 Å². The normalized spacial score (nSPS) is 12.2. The van der Waals surface area contributed by atoms with Gasteiger partial charge in [0.15, 0.2) is 11.5 Å². The molecule has 1 aliphatic heterocycles. The molecule has 3 rings (SSSR count). The monoisotopic (exact) mass is 284 g/mol. The molecular weight excluding hydrogens is 268 g/mol. The van der Waals surface area contributed by atoms with Gasteiger partial charge in [-0.2, -0.15) is 0 Å². The van der Waals surface area contributed by atoms with Crippen LogP contribution in [-0.2, 0) is 11.2 Å². The molecule has 2 aromatic rings. The fourth-order valence-electron chi connectivity index (χ4n) is 2.20. The molecule has 3 N–H and O–H groups in total. The number of rotatable bonds is 4. The molecule has 5 nitrogen and oxygen atoms in total. The van der Waals surface area contributed by atoms with Gasteiger partial charge >= 0.3 is 0 Å². The van der Waals surface area contributed by atoms with Gasteiger partial charge in [-0.1, -0.05) is 12.1 Å². The summed E-state index contributed by atoms with van der Waals surface area (Å²) in [7, 11) is 0. The maximum Gasteiger partial charge on any atom is 0.231 e. The topological polar surface area (TPSA) is 73.6 Å². The van der Waals surface area contributed by atoms with Gasteiger partial charge in [-0.05, 0) is 36.2 Å². The number of ether oxygens (including phenoxy) is 2. The van der Waals surface area contributed by atoms with Crippen molar-refractivity contribution in [3.8, 4) is 11.5 Å². The van der Waals surface area contributed by atoms with Crippen molar-refractivity contribution < 1.29 is 14.3 Å². The second kappa shape index (κ2) is 5.75. The second-order valence-electron chi connectivity index (χ2n) is 4.86. The highest BCUT2D eigenvalue weighted by molar-refractivity contribution is 5.91. The third-order valence-electron chi connectivity index (χ3n) is 3.25. The lowest BCUT2D eigenvalue weighted by molar-refractivity contribution is -0.116. The van der Waals surface area contributed by atoms with Crippen molar-refractivity contribution in [3.05, 3.63) is 48.0 Å². The van der Waals surface area contributed by atoms with Gasteiger partial charge in [-0.15, -0.1) is 0 Å². The van der Waals surface area contributed by atoms with Gasteiger partial charge in [-0.25, -0.2) is 0 Å². The van der Waals surface area contributed by atoms with Crippen LogP contribution in [0.2, 0.25) is 0 Å². The standard InChI is InChI=1S/C16H16N2O3/c17-12-3-1-2-11(8-12)4-7-16(19)18-13-5-6-14-15(9-13)21-10-20-14/h1-3,5-6,8-9H,4,7,10,17H2,(H,18,19). The molecule has 0 saturated carbocycles. The van der Waals surface area contributed by atoms with Crippen LogP contribution in [0.15, 0.2) is 42.5 Å². The third kappa shape index (κ3) is 3.25. The minimum atomic E-state index is -0.0451. The molecule has 0 fully saturated rings. The zero-order valence-corrected chi connectivity index (χ0v) is 11.5. The lowest BCUT2D eigenvalue weighted by Crippen LogP contribution is -2.12. The molecule has 0 atom stereocenters. The number of hydrogen-bond acceptors (Lipinski definition) is 4. The molecule has 0 saturated heterocycles. The first-order chi connectivity index (χ1) is 10.2. The summed E-state index contributed by atoms with van der Waals surface area (Å²) in [6.07, 6.45) is 1.05. The van der Waals surface area contributed by atoms with Crippen molar-refractivity contribution in [2.24, 2.45) is 0 Å². The number of nitrogens with two attached hydrogens (primary N) is 1. The van der Waals surface area contributed by atoms with Crippen LogP contribution in [0.1, 0.15) is 12.0 Å². The summed E-state index contributed by atoms with van der Waals surface area (Å²) in [6, 6.07) is 12.9. The Hall–Kier alpha value is -2.69. The van der Waals surface area contributed by atoms with Gasteiger partial charge < -0.3 is 20.5 Å². The fraction of sp³-hybridized carbons (Fsp3) is 0.188. The molecule has 108 valence electrons. The van der Waals surface area contributed by atoms with Gasteiger partial charge in [0.05, 0.1) is 0 Å². The number of benzene rings is 2. The van der Waals surface area contributed by atoms with Crippen molar-refractivity contribution in [1.29, 1.82) is 0 Å². The summed E-state index contributed by atoms with van der Waals surface area (Å²) in [5.74, 6) is 1.31. The Morgan fingerprint density at radius 1 is 1.14 bits per heavy atom. The SMILES string of the molecule is Nc1cccc(CCC(=O)Nc2ccc3c(c2)OCO3)c1. The number of nitrogen functional groups attached to an aromatic ring is 1. The predicted molar refractivity (Wildman–Crippen MR) is 80.4 cm³/mol. The highest BCUT2D eigenvalue weighted by atomic mass is 16.7. The Balaban J connectivity index is 1.57. The van der Waals surface area contributed by atoms with E-state index in [0.717, 1.165) is 5.56 Å². The largest absolute Gasteiger partial charge is 0.454 e. The Morgan fingerprint density at radius 2 is 2.00 bits per heavy atom. The summed E-state index contributed by atoms with van der Waals surface area (Å²) in [6.45, 7) is 0.224. The smallest absolute Gasteiger partial charge is 0.231 e. The lowest BCUT2D eigenvalue weighted by atomic mass is 10.1. The number of nitrogens with one attached hydrogen (secondary N) is 1. The number of amides is 1. The molecule has 0 radical (unpaired) electrons. The maximum atomic E-state index is 12.0. The Bertz CT molecular complexity index is 670. The molecule has 1 amide bonds. The van der Waals surface area contributed by atoms with Gasteiger partial charge in [0.1, 0.15) is 0 Å². The first-order valence-corrected chi connectivity index (χ1v) is 6.74. The van der Waals surface area contributed by atoms with Gasteiger partial charge in [0.25, 0.3) is 0 Å². The molecule has 0 aliphatic carbocycles. The number of carbonyl (C=O) groups excluding carboxylic acids is 1. The van der Waals surface area contributed by atoms with Crippen molar-refractivity contribution in [2.45, 2.75) is 12.8 Å². The maximum absolute atomic E-state index is 12.0. The summed E-state index contributed by atoms with van der Waals surface area (Å²) < 4.78 is 10.5. The summed E-state index contributed by atoms with van der Waals surface area (Å²) in [5.41, 5.74) is 8.18. The van der Waals surface area contributed by atoms with Gasteiger partial charge in [0, 0.05) is 23.9 Å². The molecule has 0 spiro atoms. The first-order valence-electron chi connectivity index (χ1n) is 6.74. The predicted octanol–water partition coefficient (Wildman–Crippen LogP) is 2.57. The molecule has 0 bridgehead atoms. The van der Waals surface area contributed by atoms with Gasteiger partial charge in [0.2, 0.25) is 12.7 Å². The Morgan fingerprint density at radius 3 is 2.86 bits per heavy atom. The molecule has 21 heavy (non-hydrogen) atoms. The molecule has 2 aromatic carbocycles. The number of aryl methyl sites for hydroxylation is 1. The highest BCUT2D eigenvalue weighted by Gasteiger charge is 2.14. The van der Waals surface area contributed by atoms with E-state index in [1.807, 2.05) is 24.3 Å². The summed E-state index contributed by atoms with van der Waals surface area (Å²) >= 11 is 0. The minimum absolute atomic E-state index is 0.0451. The third-order valence-corrected chi connectivity index (χ3v) is 3.25. The van der Waals surface area contributed by atoms with Crippen LogP contribution in [0.3, 0.4) is 0 Å². The van der Waals surface area contributed by atoms with E-state index in [1.54, 1.807) is 18.2 Å².